The maximum absolute atomic E-state index is 12.5. The minimum Gasteiger partial charge on any atom is -0.485 e. The van der Waals surface area contributed by atoms with Gasteiger partial charge in [-0.3, -0.25) is 13.8 Å². The van der Waals surface area contributed by atoms with Gasteiger partial charge < -0.3 is 4.74 Å². The van der Waals surface area contributed by atoms with Crippen LogP contribution in [-0.4, -0.2) is 19.2 Å². The van der Waals surface area contributed by atoms with E-state index in [1.54, 1.807) is 7.05 Å². The van der Waals surface area contributed by atoms with Crippen molar-refractivity contribution in [2.24, 2.45) is 7.05 Å². The number of benzene rings is 2. The van der Waals surface area contributed by atoms with Gasteiger partial charge in [0.2, 0.25) is 5.78 Å². The van der Waals surface area contributed by atoms with E-state index in [9.17, 15) is 4.79 Å². The van der Waals surface area contributed by atoms with Crippen LogP contribution >= 0.6 is 0 Å². The molecule has 4 rings (SSSR count). The van der Waals surface area contributed by atoms with E-state index in [2.05, 4.69) is 23.2 Å². The van der Waals surface area contributed by atoms with Gasteiger partial charge in [-0.15, -0.1) is 10.2 Å². The Morgan fingerprint density at radius 3 is 2.68 bits per heavy atom. The van der Waals surface area contributed by atoms with Crippen LogP contribution < -0.4 is 10.3 Å². The molecule has 2 aromatic carbocycles. The monoisotopic (exact) mass is 334 g/mol. The van der Waals surface area contributed by atoms with Gasteiger partial charge in [-0.1, -0.05) is 29.8 Å². The highest BCUT2D eigenvalue weighted by molar-refractivity contribution is 5.80. The first-order chi connectivity index (χ1) is 12.1. The zero-order valence-corrected chi connectivity index (χ0v) is 14.4. The van der Waals surface area contributed by atoms with E-state index in [0.717, 1.165) is 16.8 Å². The minimum atomic E-state index is -0.0858. The molecule has 0 aliphatic carbocycles. The van der Waals surface area contributed by atoms with E-state index in [4.69, 9.17) is 4.74 Å². The summed E-state index contributed by atoms with van der Waals surface area (Å²) >= 11 is 0. The fourth-order valence-corrected chi connectivity index (χ4v) is 3.09. The van der Waals surface area contributed by atoms with Crippen LogP contribution in [0.25, 0.3) is 16.7 Å². The Hall–Kier alpha value is -3.15. The van der Waals surface area contributed by atoms with Crippen LogP contribution in [0.15, 0.2) is 47.3 Å². The zero-order chi connectivity index (χ0) is 17.6. The molecule has 0 bridgehead atoms. The zero-order valence-electron chi connectivity index (χ0n) is 14.4. The molecule has 126 valence electrons. The van der Waals surface area contributed by atoms with Crippen LogP contribution in [-0.2, 0) is 13.7 Å². The van der Waals surface area contributed by atoms with Crippen LogP contribution in [0.1, 0.15) is 17.0 Å². The van der Waals surface area contributed by atoms with Gasteiger partial charge in [0.25, 0.3) is 5.56 Å². The van der Waals surface area contributed by atoms with E-state index in [-0.39, 0.29) is 12.2 Å². The van der Waals surface area contributed by atoms with E-state index < -0.39 is 0 Å². The van der Waals surface area contributed by atoms with Gasteiger partial charge >= 0.3 is 0 Å². The third-order valence-corrected chi connectivity index (χ3v) is 4.38. The lowest BCUT2D eigenvalue weighted by Crippen LogP contribution is -2.20. The van der Waals surface area contributed by atoms with Crippen LogP contribution in [0, 0.1) is 13.8 Å². The van der Waals surface area contributed by atoms with Gasteiger partial charge in [0, 0.05) is 7.05 Å². The third-order valence-electron chi connectivity index (χ3n) is 4.38. The molecule has 0 aliphatic rings. The topological polar surface area (TPSA) is 61.4 Å². The van der Waals surface area contributed by atoms with Crippen LogP contribution in [0.3, 0.4) is 0 Å². The third kappa shape index (κ3) is 2.46. The van der Waals surface area contributed by atoms with Crippen molar-refractivity contribution >= 4 is 16.7 Å². The van der Waals surface area contributed by atoms with Gasteiger partial charge in [0.1, 0.15) is 12.4 Å². The van der Waals surface area contributed by atoms with Crippen molar-refractivity contribution in [3.05, 3.63) is 69.8 Å². The summed E-state index contributed by atoms with van der Waals surface area (Å²) in [5.41, 5.74) is 2.96. The van der Waals surface area contributed by atoms with Crippen molar-refractivity contribution in [2.45, 2.75) is 20.5 Å². The fourth-order valence-electron chi connectivity index (χ4n) is 3.09. The van der Waals surface area contributed by atoms with Crippen molar-refractivity contribution in [1.82, 2.24) is 19.2 Å². The van der Waals surface area contributed by atoms with E-state index >= 15 is 0 Å². The number of rotatable bonds is 3. The number of ether oxygens (including phenoxy) is 1. The molecule has 2 aromatic heterocycles. The van der Waals surface area contributed by atoms with E-state index in [1.165, 1.54) is 10.1 Å². The summed E-state index contributed by atoms with van der Waals surface area (Å²) in [6, 6.07) is 13.5. The van der Waals surface area contributed by atoms with Gasteiger partial charge in [0.05, 0.1) is 10.9 Å². The van der Waals surface area contributed by atoms with Gasteiger partial charge in [-0.05, 0) is 37.6 Å². The van der Waals surface area contributed by atoms with Crippen molar-refractivity contribution < 1.29 is 4.74 Å². The molecule has 0 fully saturated rings. The summed E-state index contributed by atoms with van der Waals surface area (Å²) in [5.74, 6) is 1.97. The molecule has 6 nitrogen and oxygen atoms in total. The molecule has 2 heterocycles. The summed E-state index contributed by atoms with van der Waals surface area (Å²) < 4.78 is 9.34. The first-order valence-corrected chi connectivity index (χ1v) is 8.08. The minimum absolute atomic E-state index is 0.0858. The second-order valence-corrected chi connectivity index (χ2v) is 6.19. The average molecular weight is 334 g/mol. The predicted octanol–water partition coefficient (Wildman–Crippen LogP) is 2.78. The molecule has 0 radical (unpaired) electrons. The number of para-hydroxylation sites is 1. The Labute approximate surface area is 144 Å². The standard InChI is InChI=1S/C19H18N4O2/c1-12-8-9-16(13(2)10-12)25-11-17-20-21-19-22(3)18(24)14-6-4-5-7-15(14)23(17)19/h4-10H,11H2,1-3H3. The van der Waals surface area contributed by atoms with Crippen molar-refractivity contribution in [3.8, 4) is 5.75 Å². The molecule has 6 heteroatoms. The number of fused-ring (bicyclic) bond motifs is 3. The number of aromatic nitrogens is 4. The molecule has 0 saturated carbocycles. The first kappa shape index (κ1) is 15.4. The summed E-state index contributed by atoms with van der Waals surface area (Å²) in [4.78, 5) is 12.5. The molecule has 0 aliphatic heterocycles. The number of hydrogen-bond acceptors (Lipinski definition) is 4. The lowest BCUT2D eigenvalue weighted by Gasteiger charge is -2.10. The quantitative estimate of drug-likeness (QED) is 0.578. The highest BCUT2D eigenvalue weighted by atomic mass is 16.5. The average Bonchev–Trinajstić information content (AvgIpc) is 3.03. The second kappa shape index (κ2) is 5.73. The fraction of sp³-hybridized carbons (Fsp3) is 0.211. The van der Waals surface area contributed by atoms with Crippen molar-refractivity contribution in [2.75, 3.05) is 0 Å². The van der Waals surface area contributed by atoms with Gasteiger partial charge in [-0.25, -0.2) is 0 Å². The Morgan fingerprint density at radius 1 is 1.08 bits per heavy atom. The van der Waals surface area contributed by atoms with E-state index in [0.29, 0.717) is 17.0 Å². The molecule has 4 aromatic rings. The Morgan fingerprint density at radius 2 is 1.88 bits per heavy atom. The predicted molar refractivity (Wildman–Crippen MR) is 96.0 cm³/mol. The largest absolute Gasteiger partial charge is 0.485 e. The van der Waals surface area contributed by atoms with E-state index in [1.807, 2.05) is 47.7 Å². The molecule has 25 heavy (non-hydrogen) atoms. The summed E-state index contributed by atoms with van der Waals surface area (Å²) in [6.45, 7) is 4.34. The summed E-state index contributed by atoms with van der Waals surface area (Å²) in [7, 11) is 1.70. The molecule has 0 spiro atoms. The lowest BCUT2D eigenvalue weighted by atomic mass is 10.1. The second-order valence-electron chi connectivity index (χ2n) is 6.19. The molecule has 0 amide bonds. The summed E-state index contributed by atoms with van der Waals surface area (Å²) in [6.07, 6.45) is 0. The van der Waals surface area contributed by atoms with Crippen molar-refractivity contribution in [1.29, 1.82) is 0 Å². The maximum Gasteiger partial charge on any atom is 0.262 e. The number of nitrogens with zero attached hydrogens (tertiary/aromatic N) is 4. The molecule has 0 saturated heterocycles. The summed E-state index contributed by atoms with van der Waals surface area (Å²) in [5, 5.41) is 9.04. The highest BCUT2D eigenvalue weighted by Crippen LogP contribution is 2.20. The smallest absolute Gasteiger partial charge is 0.262 e. The van der Waals surface area contributed by atoms with Crippen LogP contribution in [0.4, 0.5) is 0 Å². The Bertz CT molecular complexity index is 1160. The molecule has 0 N–H and O–H groups in total. The van der Waals surface area contributed by atoms with Gasteiger partial charge in [-0.2, -0.15) is 0 Å². The van der Waals surface area contributed by atoms with Crippen LogP contribution in [0.5, 0.6) is 5.75 Å². The Balaban J connectivity index is 1.82. The Kier molecular flexibility index (Phi) is 3.53. The number of aryl methyl sites for hydroxylation is 3. The highest BCUT2D eigenvalue weighted by Gasteiger charge is 2.15. The first-order valence-electron chi connectivity index (χ1n) is 8.08. The van der Waals surface area contributed by atoms with Crippen LogP contribution in [0.2, 0.25) is 0 Å². The molecule has 0 unspecified atom stereocenters. The molecule has 0 atom stereocenters. The van der Waals surface area contributed by atoms with Gasteiger partial charge in [0.15, 0.2) is 5.82 Å². The molecular weight excluding hydrogens is 316 g/mol. The lowest BCUT2D eigenvalue weighted by molar-refractivity contribution is 0.293. The van der Waals surface area contributed by atoms with Crippen molar-refractivity contribution in [3.63, 3.8) is 0 Å². The number of hydrogen-bond donors (Lipinski definition) is 0. The normalized spacial score (nSPS) is 11.3. The maximum atomic E-state index is 12.5. The molecular formula is C19H18N4O2. The SMILES string of the molecule is Cc1ccc(OCc2nnc3n(C)c(=O)c4ccccc4n23)c(C)c1.